The van der Waals surface area contributed by atoms with Crippen LogP contribution in [0.25, 0.3) is 0 Å². The zero-order valence-corrected chi connectivity index (χ0v) is 14.3. The maximum atomic E-state index is 12.3. The average molecular weight is 320 g/mol. The van der Waals surface area contributed by atoms with Gasteiger partial charge in [0.25, 0.3) is 0 Å². The van der Waals surface area contributed by atoms with E-state index in [0.29, 0.717) is 23.7 Å². The van der Waals surface area contributed by atoms with Crippen LogP contribution in [0.4, 0.5) is 5.69 Å². The maximum Gasteiger partial charge on any atom is 0.227 e. The van der Waals surface area contributed by atoms with Gasteiger partial charge in [-0.3, -0.25) is 9.59 Å². The summed E-state index contributed by atoms with van der Waals surface area (Å²) < 4.78 is 10.5. The fourth-order valence-electron chi connectivity index (χ4n) is 2.60. The summed E-state index contributed by atoms with van der Waals surface area (Å²) in [6, 6.07) is 5.30. The summed E-state index contributed by atoms with van der Waals surface area (Å²) in [5, 5.41) is 2.93. The molecule has 2 amide bonds. The van der Waals surface area contributed by atoms with E-state index in [1.807, 2.05) is 20.8 Å². The maximum absolute atomic E-state index is 12.3. The first-order valence-electron chi connectivity index (χ1n) is 7.59. The molecule has 1 heterocycles. The molecular weight excluding hydrogens is 296 g/mol. The highest BCUT2D eigenvalue weighted by atomic mass is 16.5. The number of anilines is 1. The standard InChI is InChI=1S/C17H24N2O4/c1-17(2,3)18-16(21)11-8-15(20)19(10-11)12-6-7-13(22-4)14(9-12)23-5/h6-7,9,11H,8,10H2,1-5H3,(H,18,21). The van der Waals surface area contributed by atoms with Crippen LogP contribution < -0.4 is 19.7 Å². The number of hydrogen-bond acceptors (Lipinski definition) is 4. The minimum atomic E-state index is -0.338. The molecule has 0 bridgehead atoms. The normalized spacial score (nSPS) is 18.0. The molecular formula is C17H24N2O4. The number of nitrogens with one attached hydrogen (secondary N) is 1. The van der Waals surface area contributed by atoms with Crippen LogP contribution in [0.3, 0.4) is 0 Å². The number of ether oxygens (including phenoxy) is 2. The third kappa shape index (κ3) is 3.94. The molecule has 2 rings (SSSR count). The molecule has 0 saturated carbocycles. The van der Waals surface area contributed by atoms with Gasteiger partial charge in [0, 0.05) is 30.3 Å². The molecule has 1 unspecified atom stereocenters. The predicted molar refractivity (Wildman–Crippen MR) is 87.9 cm³/mol. The van der Waals surface area contributed by atoms with Gasteiger partial charge < -0.3 is 19.7 Å². The minimum Gasteiger partial charge on any atom is -0.493 e. The average Bonchev–Trinajstić information content (AvgIpc) is 2.87. The van der Waals surface area contributed by atoms with E-state index in [2.05, 4.69) is 5.32 Å². The number of carbonyl (C=O) groups is 2. The Morgan fingerprint density at radius 3 is 2.43 bits per heavy atom. The summed E-state index contributed by atoms with van der Waals surface area (Å²) in [5.41, 5.74) is 0.398. The Bertz CT molecular complexity index is 607. The van der Waals surface area contributed by atoms with E-state index in [4.69, 9.17) is 9.47 Å². The second-order valence-electron chi connectivity index (χ2n) is 6.68. The van der Waals surface area contributed by atoms with Gasteiger partial charge in [-0.25, -0.2) is 0 Å². The van der Waals surface area contributed by atoms with E-state index in [0.717, 1.165) is 0 Å². The van der Waals surface area contributed by atoms with Gasteiger partial charge in [-0.15, -0.1) is 0 Å². The fourth-order valence-corrected chi connectivity index (χ4v) is 2.60. The van der Waals surface area contributed by atoms with Crippen molar-refractivity contribution in [2.45, 2.75) is 32.7 Å². The van der Waals surface area contributed by atoms with Gasteiger partial charge in [-0.2, -0.15) is 0 Å². The van der Waals surface area contributed by atoms with E-state index in [1.54, 1.807) is 37.3 Å². The number of rotatable bonds is 4. The molecule has 1 N–H and O–H groups in total. The summed E-state index contributed by atoms with van der Waals surface area (Å²) >= 11 is 0. The Kier molecular flexibility index (Phi) is 4.82. The van der Waals surface area contributed by atoms with Crippen molar-refractivity contribution in [2.75, 3.05) is 25.7 Å². The highest BCUT2D eigenvalue weighted by Crippen LogP contribution is 2.34. The molecule has 6 heteroatoms. The van der Waals surface area contributed by atoms with E-state index in [-0.39, 0.29) is 29.7 Å². The Labute approximate surface area is 136 Å². The van der Waals surface area contributed by atoms with E-state index >= 15 is 0 Å². The van der Waals surface area contributed by atoms with Gasteiger partial charge in [0.2, 0.25) is 11.8 Å². The lowest BCUT2D eigenvalue weighted by atomic mass is 10.0. The van der Waals surface area contributed by atoms with E-state index in [1.165, 1.54) is 0 Å². The van der Waals surface area contributed by atoms with Crippen LogP contribution in [0.5, 0.6) is 11.5 Å². The molecule has 126 valence electrons. The van der Waals surface area contributed by atoms with Crippen molar-refractivity contribution in [3.8, 4) is 11.5 Å². The molecule has 23 heavy (non-hydrogen) atoms. The summed E-state index contributed by atoms with van der Waals surface area (Å²) in [7, 11) is 3.11. The number of amides is 2. The van der Waals surface area contributed by atoms with Gasteiger partial charge in [0.1, 0.15) is 0 Å². The predicted octanol–water partition coefficient (Wildman–Crippen LogP) is 1.97. The minimum absolute atomic E-state index is 0.0636. The summed E-state index contributed by atoms with van der Waals surface area (Å²) in [6.07, 6.45) is 0.219. The molecule has 1 atom stereocenters. The number of nitrogens with zero attached hydrogens (tertiary/aromatic N) is 1. The molecule has 1 fully saturated rings. The number of benzene rings is 1. The molecule has 0 aliphatic carbocycles. The zero-order chi connectivity index (χ0) is 17.2. The van der Waals surface area contributed by atoms with E-state index in [9.17, 15) is 9.59 Å². The molecule has 1 aliphatic rings. The number of methoxy groups -OCH3 is 2. The first-order valence-corrected chi connectivity index (χ1v) is 7.59. The van der Waals surface area contributed by atoms with Gasteiger partial charge in [0.05, 0.1) is 20.1 Å². The largest absolute Gasteiger partial charge is 0.493 e. The lowest BCUT2D eigenvalue weighted by Gasteiger charge is -2.23. The highest BCUT2D eigenvalue weighted by molar-refractivity contribution is 6.00. The molecule has 1 aliphatic heterocycles. The Balaban J connectivity index is 2.16. The van der Waals surface area contributed by atoms with Crippen molar-refractivity contribution in [1.29, 1.82) is 0 Å². The van der Waals surface area contributed by atoms with Gasteiger partial charge in [-0.05, 0) is 32.9 Å². The lowest BCUT2D eigenvalue weighted by Crippen LogP contribution is -2.44. The van der Waals surface area contributed by atoms with Crippen LogP contribution in [0.1, 0.15) is 27.2 Å². The van der Waals surface area contributed by atoms with Crippen LogP contribution in [0.2, 0.25) is 0 Å². The summed E-state index contributed by atoms with van der Waals surface area (Å²) in [6.45, 7) is 6.14. The van der Waals surface area contributed by atoms with Crippen LogP contribution in [-0.2, 0) is 9.59 Å². The van der Waals surface area contributed by atoms with Crippen molar-refractivity contribution in [3.05, 3.63) is 18.2 Å². The number of hydrogen-bond donors (Lipinski definition) is 1. The van der Waals surface area contributed by atoms with Crippen molar-refractivity contribution >= 4 is 17.5 Å². The first kappa shape index (κ1) is 17.1. The van der Waals surface area contributed by atoms with Crippen LogP contribution in [0, 0.1) is 5.92 Å². The number of carbonyl (C=O) groups excluding carboxylic acids is 2. The quantitative estimate of drug-likeness (QED) is 0.921. The SMILES string of the molecule is COc1ccc(N2CC(C(=O)NC(C)(C)C)CC2=O)cc1OC. The Morgan fingerprint density at radius 1 is 1.22 bits per heavy atom. The topological polar surface area (TPSA) is 67.9 Å². The summed E-state index contributed by atoms with van der Waals surface area (Å²) in [5.74, 6) is 0.667. The second-order valence-corrected chi connectivity index (χ2v) is 6.68. The van der Waals surface area contributed by atoms with Crippen LogP contribution >= 0.6 is 0 Å². The van der Waals surface area contributed by atoms with Crippen molar-refractivity contribution < 1.29 is 19.1 Å². The molecule has 0 aromatic heterocycles. The zero-order valence-electron chi connectivity index (χ0n) is 14.3. The van der Waals surface area contributed by atoms with Crippen molar-refractivity contribution in [2.24, 2.45) is 5.92 Å². The molecule has 6 nitrogen and oxygen atoms in total. The molecule has 1 saturated heterocycles. The van der Waals surface area contributed by atoms with Crippen LogP contribution in [0.15, 0.2) is 18.2 Å². The van der Waals surface area contributed by atoms with Gasteiger partial charge >= 0.3 is 0 Å². The molecule has 0 radical (unpaired) electrons. The summed E-state index contributed by atoms with van der Waals surface area (Å²) in [4.78, 5) is 26.2. The molecule has 1 aromatic carbocycles. The van der Waals surface area contributed by atoms with Gasteiger partial charge in [0.15, 0.2) is 11.5 Å². The monoisotopic (exact) mass is 320 g/mol. The fraction of sp³-hybridized carbons (Fsp3) is 0.529. The highest BCUT2D eigenvalue weighted by Gasteiger charge is 2.36. The third-order valence-corrected chi connectivity index (χ3v) is 3.67. The third-order valence-electron chi connectivity index (χ3n) is 3.67. The van der Waals surface area contributed by atoms with Gasteiger partial charge in [-0.1, -0.05) is 0 Å². The molecule has 0 spiro atoms. The Morgan fingerprint density at radius 2 is 1.87 bits per heavy atom. The first-order chi connectivity index (χ1) is 10.7. The van der Waals surface area contributed by atoms with Crippen LogP contribution in [-0.4, -0.2) is 38.1 Å². The van der Waals surface area contributed by atoms with E-state index < -0.39 is 0 Å². The van der Waals surface area contributed by atoms with Crippen molar-refractivity contribution in [3.63, 3.8) is 0 Å². The second kappa shape index (κ2) is 6.48. The lowest BCUT2D eigenvalue weighted by molar-refractivity contribution is -0.127. The molecule has 1 aromatic rings. The van der Waals surface area contributed by atoms with Crippen molar-refractivity contribution in [1.82, 2.24) is 5.32 Å². The Hall–Kier alpha value is -2.24. The smallest absolute Gasteiger partial charge is 0.227 e.